The number of halogens is 1. The van der Waals surface area contributed by atoms with Gasteiger partial charge >= 0.3 is 5.97 Å². The average Bonchev–Trinajstić information content (AvgIpc) is 3.38. The number of amides is 2. The Morgan fingerprint density at radius 1 is 1.22 bits per heavy atom. The van der Waals surface area contributed by atoms with E-state index in [1.807, 2.05) is 42.6 Å². The minimum Gasteiger partial charge on any atom is -0.467 e. The lowest BCUT2D eigenvalue weighted by Crippen LogP contribution is -2.46. The summed E-state index contributed by atoms with van der Waals surface area (Å²) in [5, 5.41) is 4.42. The van der Waals surface area contributed by atoms with Crippen LogP contribution in [0.5, 0.6) is 0 Å². The fraction of sp³-hybridized carbons (Fsp3) is 0.292. The number of carbonyl (C=O) groups excluding carboxylic acids is 3. The van der Waals surface area contributed by atoms with Gasteiger partial charge in [0.1, 0.15) is 6.04 Å². The van der Waals surface area contributed by atoms with Gasteiger partial charge in [-0.05, 0) is 29.3 Å². The molecule has 32 heavy (non-hydrogen) atoms. The van der Waals surface area contributed by atoms with E-state index in [2.05, 4.69) is 10.3 Å². The topological polar surface area (TPSA) is 91.5 Å². The van der Waals surface area contributed by atoms with Gasteiger partial charge in [-0.2, -0.15) is 0 Å². The zero-order valence-corrected chi connectivity index (χ0v) is 18.4. The number of esters is 1. The molecule has 8 heteroatoms. The molecule has 1 fully saturated rings. The molecule has 1 aliphatic heterocycles. The van der Waals surface area contributed by atoms with Crippen LogP contribution in [0.3, 0.4) is 0 Å². The number of methoxy groups -OCH3 is 1. The molecule has 2 atom stereocenters. The van der Waals surface area contributed by atoms with Gasteiger partial charge in [0.2, 0.25) is 11.8 Å². The number of H-pyrrole nitrogens is 1. The first-order valence-corrected chi connectivity index (χ1v) is 10.8. The van der Waals surface area contributed by atoms with Gasteiger partial charge in [0.05, 0.1) is 13.0 Å². The van der Waals surface area contributed by atoms with Crippen molar-refractivity contribution in [1.29, 1.82) is 0 Å². The molecule has 3 aromatic rings. The van der Waals surface area contributed by atoms with Crippen LogP contribution in [0.1, 0.15) is 17.5 Å². The van der Waals surface area contributed by atoms with Crippen molar-refractivity contribution in [2.24, 2.45) is 5.92 Å². The molecule has 0 saturated carbocycles. The standard InChI is InChI=1S/C24H24ClN3O4/c1-32-24(31)21(10-16-12-26-20-5-3-2-4-19(16)20)27-23(30)17-11-22(29)28(14-17)13-15-6-8-18(25)9-7-15/h2-9,12,17,21,26H,10-11,13-14H2,1H3,(H,27,30)/t17?,21-/m0/s1. The molecule has 1 aromatic heterocycles. The lowest BCUT2D eigenvalue weighted by atomic mass is 10.0. The van der Waals surface area contributed by atoms with E-state index in [4.69, 9.17) is 16.3 Å². The van der Waals surface area contributed by atoms with Crippen molar-refractivity contribution >= 4 is 40.3 Å². The third-order valence-electron chi connectivity index (χ3n) is 5.77. The van der Waals surface area contributed by atoms with Gasteiger partial charge in [0.25, 0.3) is 0 Å². The number of aromatic amines is 1. The number of para-hydroxylation sites is 1. The van der Waals surface area contributed by atoms with Crippen LogP contribution in [-0.4, -0.2) is 47.4 Å². The predicted molar refractivity (Wildman–Crippen MR) is 121 cm³/mol. The van der Waals surface area contributed by atoms with E-state index >= 15 is 0 Å². The average molecular weight is 454 g/mol. The Bertz CT molecular complexity index is 1140. The van der Waals surface area contributed by atoms with E-state index < -0.39 is 17.9 Å². The molecule has 1 aliphatic rings. The summed E-state index contributed by atoms with van der Waals surface area (Å²) in [7, 11) is 1.30. The number of fused-ring (bicyclic) bond motifs is 1. The number of nitrogens with zero attached hydrogens (tertiary/aromatic N) is 1. The molecule has 2 amide bonds. The van der Waals surface area contributed by atoms with Crippen molar-refractivity contribution in [3.8, 4) is 0 Å². The molecule has 0 aliphatic carbocycles. The Labute approximate surface area is 190 Å². The fourth-order valence-electron chi connectivity index (χ4n) is 4.06. The quantitative estimate of drug-likeness (QED) is 0.538. The highest BCUT2D eigenvalue weighted by Gasteiger charge is 2.36. The normalized spacial score (nSPS) is 16.9. The number of rotatable bonds is 7. The molecule has 1 saturated heterocycles. The molecule has 7 nitrogen and oxygen atoms in total. The van der Waals surface area contributed by atoms with Crippen molar-refractivity contribution in [3.63, 3.8) is 0 Å². The first-order valence-electron chi connectivity index (χ1n) is 10.4. The Morgan fingerprint density at radius 3 is 2.72 bits per heavy atom. The van der Waals surface area contributed by atoms with Crippen LogP contribution in [0, 0.1) is 5.92 Å². The number of carbonyl (C=O) groups is 3. The summed E-state index contributed by atoms with van der Waals surface area (Å²) in [6.45, 7) is 0.712. The molecular weight excluding hydrogens is 430 g/mol. The first kappa shape index (κ1) is 21.9. The molecule has 2 N–H and O–H groups in total. The summed E-state index contributed by atoms with van der Waals surface area (Å²) >= 11 is 5.92. The highest BCUT2D eigenvalue weighted by Crippen LogP contribution is 2.23. The minimum atomic E-state index is -0.841. The zero-order valence-electron chi connectivity index (χ0n) is 17.6. The highest BCUT2D eigenvalue weighted by molar-refractivity contribution is 6.30. The molecule has 2 heterocycles. The maximum Gasteiger partial charge on any atom is 0.328 e. The van der Waals surface area contributed by atoms with Crippen LogP contribution < -0.4 is 5.32 Å². The smallest absolute Gasteiger partial charge is 0.328 e. The second kappa shape index (κ2) is 9.44. The van der Waals surface area contributed by atoms with Crippen molar-refractivity contribution in [2.45, 2.75) is 25.4 Å². The van der Waals surface area contributed by atoms with Crippen molar-refractivity contribution in [2.75, 3.05) is 13.7 Å². The molecule has 2 aromatic carbocycles. The number of hydrogen-bond donors (Lipinski definition) is 2. The summed E-state index contributed by atoms with van der Waals surface area (Å²) < 4.78 is 4.92. The van der Waals surface area contributed by atoms with Crippen LogP contribution in [-0.2, 0) is 32.1 Å². The monoisotopic (exact) mass is 453 g/mol. The number of benzene rings is 2. The van der Waals surface area contributed by atoms with Crippen molar-refractivity contribution in [1.82, 2.24) is 15.2 Å². The van der Waals surface area contributed by atoms with Crippen LogP contribution in [0.25, 0.3) is 10.9 Å². The van der Waals surface area contributed by atoms with Crippen LogP contribution in [0.4, 0.5) is 0 Å². The molecular formula is C24H24ClN3O4. The molecule has 4 rings (SSSR count). The van der Waals surface area contributed by atoms with Gasteiger partial charge in [-0.15, -0.1) is 0 Å². The molecule has 0 bridgehead atoms. The predicted octanol–water partition coefficient (Wildman–Crippen LogP) is 3.07. The molecule has 166 valence electrons. The summed E-state index contributed by atoms with van der Waals surface area (Å²) in [5.74, 6) is -1.46. The third-order valence-corrected chi connectivity index (χ3v) is 6.03. The van der Waals surface area contributed by atoms with E-state index in [0.717, 1.165) is 22.0 Å². The Kier molecular flexibility index (Phi) is 6.46. The van der Waals surface area contributed by atoms with Gasteiger partial charge in [-0.25, -0.2) is 4.79 Å². The number of ether oxygens (including phenoxy) is 1. The SMILES string of the molecule is COC(=O)[C@H](Cc1c[nH]c2ccccc12)NC(=O)C1CC(=O)N(Cc2ccc(Cl)cc2)C1. The zero-order chi connectivity index (χ0) is 22.7. The summed E-state index contributed by atoms with van der Waals surface area (Å²) in [4.78, 5) is 42.6. The van der Waals surface area contributed by atoms with Crippen molar-refractivity contribution in [3.05, 3.63) is 70.9 Å². The first-order chi connectivity index (χ1) is 15.4. The van der Waals surface area contributed by atoms with E-state index in [9.17, 15) is 14.4 Å². The van der Waals surface area contributed by atoms with Crippen LogP contribution in [0.2, 0.25) is 5.02 Å². The number of aromatic nitrogens is 1. The third kappa shape index (κ3) is 4.78. The second-order valence-corrected chi connectivity index (χ2v) is 8.39. The molecule has 0 spiro atoms. The number of nitrogens with one attached hydrogen (secondary N) is 2. The summed E-state index contributed by atoms with van der Waals surface area (Å²) in [6, 6.07) is 14.2. The Balaban J connectivity index is 1.42. The minimum absolute atomic E-state index is 0.0913. The van der Waals surface area contributed by atoms with E-state index in [-0.39, 0.29) is 24.7 Å². The lowest BCUT2D eigenvalue weighted by molar-refractivity contribution is -0.145. The van der Waals surface area contributed by atoms with E-state index in [1.165, 1.54) is 7.11 Å². The summed E-state index contributed by atoms with van der Waals surface area (Å²) in [6.07, 6.45) is 2.23. The number of hydrogen-bond acceptors (Lipinski definition) is 4. The van der Waals surface area contributed by atoms with Crippen LogP contribution in [0.15, 0.2) is 54.7 Å². The van der Waals surface area contributed by atoms with Gasteiger partial charge in [-0.3, -0.25) is 9.59 Å². The van der Waals surface area contributed by atoms with Gasteiger partial charge in [0, 0.05) is 48.1 Å². The maximum atomic E-state index is 12.9. The molecule has 0 radical (unpaired) electrons. The largest absolute Gasteiger partial charge is 0.467 e. The van der Waals surface area contributed by atoms with Crippen molar-refractivity contribution < 1.29 is 19.1 Å². The Hall–Kier alpha value is -3.32. The fourth-order valence-corrected chi connectivity index (χ4v) is 4.18. The Morgan fingerprint density at radius 2 is 1.97 bits per heavy atom. The van der Waals surface area contributed by atoms with Gasteiger partial charge < -0.3 is 19.9 Å². The van der Waals surface area contributed by atoms with Gasteiger partial charge in [-0.1, -0.05) is 41.9 Å². The second-order valence-electron chi connectivity index (χ2n) is 7.95. The summed E-state index contributed by atoms with van der Waals surface area (Å²) in [5.41, 5.74) is 2.80. The van der Waals surface area contributed by atoms with Gasteiger partial charge in [0.15, 0.2) is 0 Å². The maximum absolute atomic E-state index is 12.9. The lowest BCUT2D eigenvalue weighted by Gasteiger charge is -2.19. The molecule has 1 unspecified atom stereocenters. The highest BCUT2D eigenvalue weighted by atomic mass is 35.5. The van der Waals surface area contributed by atoms with E-state index in [0.29, 0.717) is 18.1 Å². The van der Waals surface area contributed by atoms with E-state index in [1.54, 1.807) is 17.0 Å². The van der Waals surface area contributed by atoms with Crippen LogP contribution >= 0.6 is 11.6 Å². The number of likely N-dealkylation sites (tertiary alicyclic amines) is 1.